The van der Waals surface area contributed by atoms with Crippen molar-refractivity contribution in [2.45, 2.75) is 6.42 Å². The van der Waals surface area contributed by atoms with Gasteiger partial charge in [-0.15, -0.1) is 5.56 Å². The molecule has 2 aromatic carbocycles. The SMILES string of the molecule is [Cl][V]([Cl])[Cl].[c-]1cccc2c1Cc1ccccc1-2. The third-order valence-corrected chi connectivity index (χ3v) is 2.62. The van der Waals surface area contributed by atoms with Gasteiger partial charge in [-0.25, -0.2) is 0 Å². The molecule has 0 fully saturated rings. The summed E-state index contributed by atoms with van der Waals surface area (Å²) in [6.07, 6.45) is 1.05. The summed E-state index contributed by atoms with van der Waals surface area (Å²) in [5, 5.41) is 0. The largest absolute Gasteiger partial charge is 0.179 e. The summed E-state index contributed by atoms with van der Waals surface area (Å²) in [6.45, 7) is 0. The summed E-state index contributed by atoms with van der Waals surface area (Å²) < 4.78 is 0. The minimum absolute atomic E-state index is 1.05. The van der Waals surface area contributed by atoms with E-state index >= 15 is 0 Å². The van der Waals surface area contributed by atoms with Crippen LogP contribution in [0.25, 0.3) is 11.1 Å². The molecule has 88 valence electrons. The summed E-state index contributed by atoms with van der Waals surface area (Å²) >= 11 is -1.77. The van der Waals surface area contributed by atoms with E-state index in [1.165, 1.54) is 22.3 Å². The Bertz CT molecular complexity index is 465. The van der Waals surface area contributed by atoms with Crippen LogP contribution in [0.5, 0.6) is 0 Å². The first-order valence-corrected chi connectivity index (χ1v) is 10.8. The van der Waals surface area contributed by atoms with Crippen molar-refractivity contribution in [3.8, 4) is 11.1 Å². The van der Waals surface area contributed by atoms with Gasteiger partial charge in [0.2, 0.25) is 0 Å². The fourth-order valence-corrected chi connectivity index (χ4v) is 2.00. The number of fused-ring (bicyclic) bond motifs is 3. The molecular formula is C13H9Cl3V-. The second kappa shape index (κ2) is 6.18. The fraction of sp³-hybridized carbons (Fsp3) is 0.0769. The van der Waals surface area contributed by atoms with E-state index in [0.717, 1.165) is 6.42 Å². The van der Waals surface area contributed by atoms with Crippen molar-refractivity contribution in [1.29, 1.82) is 0 Å². The molecule has 4 heteroatoms. The number of halogens is 3. The summed E-state index contributed by atoms with van der Waals surface area (Å²) in [6, 6.07) is 18.1. The molecule has 0 saturated heterocycles. The van der Waals surface area contributed by atoms with Gasteiger partial charge in [0, 0.05) is 0 Å². The summed E-state index contributed by atoms with van der Waals surface area (Å²) in [7, 11) is 14.9. The molecule has 0 aromatic heterocycles. The van der Waals surface area contributed by atoms with Crippen molar-refractivity contribution in [3.63, 3.8) is 0 Å². The average molecular weight is 323 g/mol. The zero-order chi connectivity index (χ0) is 12.3. The predicted molar refractivity (Wildman–Crippen MR) is 71.1 cm³/mol. The molecule has 17 heavy (non-hydrogen) atoms. The van der Waals surface area contributed by atoms with Crippen LogP contribution in [0.15, 0.2) is 42.5 Å². The molecule has 0 unspecified atom stereocenters. The number of hydrogen-bond acceptors (Lipinski definition) is 0. The smallest absolute Gasteiger partial charge is 0.0253 e. The molecule has 0 spiro atoms. The van der Waals surface area contributed by atoms with Gasteiger partial charge in [0.1, 0.15) is 0 Å². The number of hydrogen-bond donors (Lipinski definition) is 0. The Labute approximate surface area is 118 Å². The van der Waals surface area contributed by atoms with Crippen molar-refractivity contribution in [2.24, 2.45) is 0 Å². The van der Waals surface area contributed by atoms with Crippen molar-refractivity contribution in [2.75, 3.05) is 0 Å². The number of benzene rings is 2. The first kappa shape index (κ1) is 13.3. The van der Waals surface area contributed by atoms with E-state index in [9.17, 15) is 0 Å². The van der Waals surface area contributed by atoms with E-state index in [1.807, 2.05) is 6.07 Å². The Morgan fingerprint density at radius 2 is 1.59 bits per heavy atom. The molecule has 2 aromatic rings. The maximum absolute atomic E-state index is 4.95. The minimum Gasteiger partial charge on any atom is -0.179 e. The van der Waals surface area contributed by atoms with Crippen LogP contribution in [-0.2, 0) is 18.7 Å². The van der Waals surface area contributed by atoms with Gasteiger partial charge in [-0.1, -0.05) is 35.4 Å². The van der Waals surface area contributed by atoms with E-state index in [-0.39, 0.29) is 0 Å². The van der Waals surface area contributed by atoms with E-state index in [0.29, 0.717) is 0 Å². The van der Waals surface area contributed by atoms with Gasteiger partial charge >= 0.3 is 41.8 Å². The van der Waals surface area contributed by atoms with Crippen molar-refractivity contribution < 1.29 is 12.3 Å². The molecule has 0 amide bonds. The average Bonchev–Trinajstić information content (AvgIpc) is 2.66. The van der Waals surface area contributed by atoms with Gasteiger partial charge in [-0.05, 0) is 6.42 Å². The number of rotatable bonds is 0. The Morgan fingerprint density at radius 1 is 0.941 bits per heavy atom. The fourth-order valence-electron chi connectivity index (χ4n) is 2.00. The van der Waals surface area contributed by atoms with Crippen LogP contribution in [0.2, 0.25) is 0 Å². The molecule has 1 aliphatic carbocycles. The van der Waals surface area contributed by atoms with Crippen LogP contribution >= 0.6 is 29.5 Å². The molecule has 0 N–H and O–H groups in total. The van der Waals surface area contributed by atoms with Crippen LogP contribution in [0, 0.1) is 6.07 Å². The van der Waals surface area contributed by atoms with Crippen molar-refractivity contribution in [1.82, 2.24) is 0 Å². The van der Waals surface area contributed by atoms with Crippen molar-refractivity contribution >= 4 is 29.5 Å². The Hall–Kier alpha value is -0.106. The molecule has 0 bridgehead atoms. The molecule has 3 rings (SSSR count). The zero-order valence-electron chi connectivity index (χ0n) is 8.83. The van der Waals surface area contributed by atoms with Gasteiger partial charge in [-0.3, -0.25) is 0 Å². The quantitative estimate of drug-likeness (QED) is 0.504. The zero-order valence-corrected chi connectivity index (χ0v) is 12.5. The van der Waals surface area contributed by atoms with Crippen LogP contribution in [0.1, 0.15) is 11.1 Å². The van der Waals surface area contributed by atoms with E-state index in [4.69, 9.17) is 29.5 Å². The second-order valence-electron chi connectivity index (χ2n) is 3.59. The second-order valence-corrected chi connectivity index (χ2v) is 10.5. The maximum Gasteiger partial charge on any atom is -0.0253 e. The van der Waals surface area contributed by atoms with E-state index in [2.05, 4.69) is 42.5 Å². The van der Waals surface area contributed by atoms with E-state index < -0.39 is 12.3 Å². The molecule has 0 aliphatic heterocycles. The molecule has 0 radical (unpaired) electrons. The molecule has 1 aliphatic rings. The maximum atomic E-state index is 4.95. The monoisotopic (exact) mass is 321 g/mol. The van der Waals surface area contributed by atoms with Gasteiger partial charge in [0.25, 0.3) is 0 Å². The minimum atomic E-state index is -1.77. The first-order valence-electron chi connectivity index (χ1n) is 5.04. The predicted octanol–water partition coefficient (Wildman–Crippen LogP) is 5.12. The molecule has 0 saturated carbocycles. The molecule has 0 atom stereocenters. The van der Waals surface area contributed by atoms with Crippen LogP contribution in [0.4, 0.5) is 0 Å². The van der Waals surface area contributed by atoms with E-state index in [1.54, 1.807) is 0 Å². The summed E-state index contributed by atoms with van der Waals surface area (Å²) in [4.78, 5) is 0. The van der Waals surface area contributed by atoms with Crippen LogP contribution in [-0.4, -0.2) is 0 Å². The third-order valence-electron chi connectivity index (χ3n) is 2.62. The van der Waals surface area contributed by atoms with Gasteiger partial charge in [0.15, 0.2) is 0 Å². The molecular weight excluding hydrogens is 313 g/mol. The van der Waals surface area contributed by atoms with Gasteiger partial charge in [-0.2, -0.15) is 29.8 Å². The van der Waals surface area contributed by atoms with Crippen molar-refractivity contribution in [3.05, 3.63) is 59.7 Å². The normalized spacial score (nSPS) is 11.5. The topological polar surface area (TPSA) is 0 Å². The molecule has 0 nitrogen and oxygen atoms in total. The van der Waals surface area contributed by atoms with Crippen LogP contribution in [0.3, 0.4) is 0 Å². The van der Waals surface area contributed by atoms with Crippen LogP contribution < -0.4 is 0 Å². The first-order chi connectivity index (χ1) is 8.18. The van der Waals surface area contributed by atoms with Gasteiger partial charge in [0.05, 0.1) is 0 Å². The Balaban J connectivity index is 0.000000239. The third kappa shape index (κ3) is 3.43. The Kier molecular flexibility index (Phi) is 4.84. The summed E-state index contributed by atoms with van der Waals surface area (Å²) in [5.74, 6) is 0. The Morgan fingerprint density at radius 3 is 2.35 bits per heavy atom. The van der Waals surface area contributed by atoms with Gasteiger partial charge < -0.3 is 0 Å². The molecule has 0 heterocycles. The summed E-state index contributed by atoms with van der Waals surface area (Å²) in [5.41, 5.74) is 5.51. The standard InChI is InChI=1S/C13H9.3ClH.V/c1-3-7-12-10(5-1)9-11-6-2-4-8-13(11)12;;;;/h1-5,7-8H,9H2;3*1H;/q-1;;;;+3/p-3.